The number of H-pyrrole nitrogens is 1. The molecule has 4 N–H and O–H groups in total. The minimum atomic E-state index is -0.730. The molecule has 1 aliphatic carbocycles. The molecule has 6 rings (SSSR count). The van der Waals surface area contributed by atoms with Crippen LogP contribution in [0.2, 0.25) is 5.02 Å². The molecular weight excluding hydrogens is 746 g/mol. The van der Waals surface area contributed by atoms with Gasteiger partial charge in [0, 0.05) is 53.8 Å². The molecular formula is C42H44ClN9O5. The average Bonchev–Trinajstić information content (AvgIpc) is 3.19. The van der Waals surface area contributed by atoms with Crippen molar-refractivity contribution in [1.29, 1.82) is 10.5 Å². The number of nitrogens with one attached hydrogen (secondary N) is 4. The normalized spacial score (nSPS) is 16.5. The van der Waals surface area contributed by atoms with Gasteiger partial charge in [0.2, 0.25) is 0 Å². The van der Waals surface area contributed by atoms with E-state index in [-0.39, 0.29) is 34.4 Å². The molecule has 3 heterocycles. The van der Waals surface area contributed by atoms with Crippen LogP contribution in [-0.2, 0) is 0 Å². The Hall–Kier alpha value is -6.22. The zero-order chi connectivity index (χ0) is 40.7. The minimum Gasteiger partial charge on any atom is -0.494 e. The number of nitriles is 2. The topological polar surface area (TPSA) is 200 Å². The Labute approximate surface area is 334 Å². The molecule has 0 bridgehead atoms. The Balaban J connectivity index is 0.868. The standard InChI is InChI=1S/C42H44ClN9O5/c1-41(2)38(42(3,4)39(41)57-32-10-8-26(21-44)33(43)20-32)50-36(53)27-9-13-35(49-23-27)47-16-15-46-14-6-5-7-17-56-31-11-12-34-28(19-31)18-30(24-48-34)52-25-29(22-45)37(54)51-40(52)55/h8-13,18-20,23-25,38-39,46H,5-7,14-17H2,1-4H3,(H,47,49)(H,50,53)(H,51,54,55)/t38-,39-. The van der Waals surface area contributed by atoms with E-state index in [0.29, 0.717) is 57.8 Å². The summed E-state index contributed by atoms with van der Waals surface area (Å²) in [6.07, 6.45) is 6.94. The average molecular weight is 790 g/mol. The van der Waals surface area contributed by atoms with Crippen LogP contribution in [0.1, 0.15) is 68.4 Å². The largest absolute Gasteiger partial charge is 0.494 e. The molecule has 1 amide bonds. The van der Waals surface area contributed by atoms with Gasteiger partial charge in [-0.25, -0.2) is 9.78 Å². The summed E-state index contributed by atoms with van der Waals surface area (Å²) in [5.41, 5.74) is -0.298. The fourth-order valence-electron chi connectivity index (χ4n) is 7.63. The Morgan fingerprint density at radius 3 is 2.39 bits per heavy atom. The number of benzene rings is 2. The summed E-state index contributed by atoms with van der Waals surface area (Å²) < 4.78 is 13.5. The predicted octanol–water partition coefficient (Wildman–Crippen LogP) is 5.73. The van der Waals surface area contributed by atoms with E-state index in [1.165, 1.54) is 17.0 Å². The van der Waals surface area contributed by atoms with Crippen LogP contribution in [0.25, 0.3) is 16.6 Å². The van der Waals surface area contributed by atoms with Crippen LogP contribution in [0.4, 0.5) is 5.82 Å². The van der Waals surface area contributed by atoms with E-state index in [4.69, 9.17) is 21.1 Å². The van der Waals surface area contributed by atoms with Crippen molar-refractivity contribution in [2.45, 2.75) is 59.1 Å². The van der Waals surface area contributed by atoms with Crippen molar-refractivity contribution in [3.05, 3.63) is 116 Å². The first-order valence-electron chi connectivity index (χ1n) is 18.7. The van der Waals surface area contributed by atoms with E-state index in [1.807, 2.05) is 18.2 Å². The van der Waals surface area contributed by atoms with Gasteiger partial charge in [0.05, 0.1) is 40.2 Å². The number of aromatic nitrogens is 4. The molecule has 294 valence electrons. The highest BCUT2D eigenvalue weighted by molar-refractivity contribution is 6.31. The van der Waals surface area contributed by atoms with Gasteiger partial charge in [-0.3, -0.25) is 24.1 Å². The number of hydrogen-bond donors (Lipinski definition) is 4. The lowest BCUT2D eigenvalue weighted by atomic mass is 9.49. The third kappa shape index (κ3) is 9.10. The molecule has 1 fully saturated rings. The number of rotatable bonds is 16. The van der Waals surface area contributed by atoms with Crippen molar-refractivity contribution < 1.29 is 14.3 Å². The first kappa shape index (κ1) is 40.4. The van der Waals surface area contributed by atoms with Gasteiger partial charge >= 0.3 is 5.69 Å². The van der Waals surface area contributed by atoms with Crippen LogP contribution in [-0.4, -0.2) is 63.8 Å². The number of ether oxygens (including phenoxy) is 2. The molecule has 5 aromatic rings. The van der Waals surface area contributed by atoms with Gasteiger partial charge in [-0.1, -0.05) is 39.3 Å². The molecule has 0 aliphatic heterocycles. The van der Waals surface area contributed by atoms with E-state index < -0.39 is 11.2 Å². The number of nitrogens with zero attached hydrogens (tertiary/aromatic N) is 5. The maximum Gasteiger partial charge on any atom is 0.333 e. The van der Waals surface area contributed by atoms with Gasteiger partial charge < -0.3 is 25.4 Å². The molecule has 0 spiro atoms. The molecule has 15 heteroatoms. The number of pyridine rings is 2. The number of anilines is 1. The molecule has 0 radical (unpaired) electrons. The molecule has 1 saturated carbocycles. The Kier molecular flexibility index (Phi) is 12.3. The number of fused-ring (bicyclic) bond motifs is 1. The molecule has 57 heavy (non-hydrogen) atoms. The predicted molar refractivity (Wildman–Crippen MR) is 217 cm³/mol. The SMILES string of the molecule is CC1(C)[C@H](NC(=O)c2ccc(NCCNCCCCCOc3ccc4ncc(-n5cc(C#N)c(=O)[nH]c5=O)cc4c3)nc2)C(C)(C)[C@H]1Oc1ccc(C#N)c(Cl)c1. The van der Waals surface area contributed by atoms with Crippen LogP contribution >= 0.6 is 11.6 Å². The monoisotopic (exact) mass is 789 g/mol. The molecule has 3 aromatic heterocycles. The van der Waals surface area contributed by atoms with E-state index in [2.05, 4.69) is 64.7 Å². The van der Waals surface area contributed by atoms with Crippen molar-refractivity contribution in [1.82, 2.24) is 30.2 Å². The number of hydrogen-bond acceptors (Lipinski definition) is 11. The van der Waals surface area contributed by atoms with E-state index in [9.17, 15) is 24.9 Å². The van der Waals surface area contributed by atoms with Gasteiger partial charge in [-0.2, -0.15) is 10.5 Å². The third-order valence-electron chi connectivity index (χ3n) is 10.3. The third-order valence-corrected chi connectivity index (χ3v) is 10.6. The summed E-state index contributed by atoms with van der Waals surface area (Å²) in [5.74, 6) is 1.75. The van der Waals surface area contributed by atoms with E-state index >= 15 is 0 Å². The fraction of sp³-hybridized carbons (Fsp3) is 0.357. The molecule has 0 unspecified atom stereocenters. The second-order valence-corrected chi connectivity index (χ2v) is 15.6. The maximum absolute atomic E-state index is 13.2. The van der Waals surface area contributed by atoms with Crippen LogP contribution in [0, 0.1) is 33.5 Å². The smallest absolute Gasteiger partial charge is 0.333 e. The molecule has 1 aliphatic rings. The van der Waals surface area contributed by atoms with E-state index in [1.54, 1.807) is 48.7 Å². The fourth-order valence-corrected chi connectivity index (χ4v) is 7.84. The first-order valence-corrected chi connectivity index (χ1v) is 19.1. The number of halogens is 1. The number of carbonyl (C=O) groups is 1. The van der Waals surface area contributed by atoms with Crippen LogP contribution < -0.4 is 36.7 Å². The molecule has 0 saturated heterocycles. The zero-order valence-electron chi connectivity index (χ0n) is 32.2. The van der Waals surface area contributed by atoms with Gasteiger partial charge in [-0.15, -0.1) is 0 Å². The molecule has 2 aromatic carbocycles. The Morgan fingerprint density at radius 2 is 1.67 bits per heavy atom. The summed E-state index contributed by atoms with van der Waals surface area (Å²) in [5, 5.41) is 29.4. The van der Waals surface area contributed by atoms with Gasteiger partial charge in [0.25, 0.3) is 11.5 Å². The van der Waals surface area contributed by atoms with Crippen molar-refractivity contribution >= 4 is 34.2 Å². The lowest BCUT2D eigenvalue weighted by Gasteiger charge is -2.63. The second kappa shape index (κ2) is 17.3. The van der Waals surface area contributed by atoms with Gasteiger partial charge in [0.15, 0.2) is 0 Å². The van der Waals surface area contributed by atoms with E-state index in [0.717, 1.165) is 37.7 Å². The van der Waals surface area contributed by atoms with Gasteiger partial charge in [-0.05, 0) is 74.3 Å². The summed E-state index contributed by atoms with van der Waals surface area (Å²) >= 11 is 6.22. The zero-order valence-corrected chi connectivity index (χ0v) is 32.9. The highest BCUT2D eigenvalue weighted by Gasteiger charge is 2.64. The van der Waals surface area contributed by atoms with Crippen LogP contribution in [0.3, 0.4) is 0 Å². The second-order valence-electron chi connectivity index (χ2n) is 15.2. The minimum absolute atomic E-state index is 0.155. The van der Waals surface area contributed by atoms with Gasteiger partial charge in [0.1, 0.15) is 41.1 Å². The number of amides is 1. The highest BCUT2D eigenvalue weighted by atomic mass is 35.5. The van der Waals surface area contributed by atoms with Crippen LogP contribution in [0.15, 0.2) is 82.8 Å². The summed E-state index contributed by atoms with van der Waals surface area (Å²) in [6.45, 7) is 11.1. The summed E-state index contributed by atoms with van der Waals surface area (Å²) in [4.78, 5) is 48.3. The van der Waals surface area contributed by atoms with Crippen molar-refractivity contribution in [2.24, 2.45) is 10.8 Å². The number of carbonyl (C=O) groups excluding carboxylic acids is 1. The van der Waals surface area contributed by atoms with Crippen molar-refractivity contribution in [3.8, 4) is 29.3 Å². The van der Waals surface area contributed by atoms with Crippen molar-refractivity contribution in [2.75, 3.05) is 31.6 Å². The number of unbranched alkanes of at least 4 members (excludes halogenated alkanes) is 2. The lowest BCUT2D eigenvalue weighted by Crippen LogP contribution is -2.74. The first-order chi connectivity index (χ1) is 27.3. The Bertz CT molecular complexity index is 2450. The summed E-state index contributed by atoms with van der Waals surface area (Å²) in [7, 11) is 0. The summed E-state index contributed by atoms with van der Waals surface area (Å²) in [6, 6.07) is 19.6. The Morgan fingerprint density at radius 1 is 0.895 bits per heavy atom. The van der Waals surface area contributed by atoms with Crippen molar-refractivity contribution in [3.63, 3.8) is 0 Å². The maximum atomic E-state index is 13.2. The highest BCUT2D eigenvalue weighted by Crippen LogP contribution is 2.55. The molecule has 0 atom stereocenters. The van der Waals surface area contributed by atoms with Crippen LogP contribution in [0.5, 0.6) is 11.5 Å². The quantitative estimate of drug-likeness (QED) is 0.0891. The number of aromatic amines is 1. The lowest BCUT2D eigenvalue weighted by molar-refractivity contribution is -0.164. The molecule has 14 nitrogen and oxygen atoms in total.